The number of nitrogens with one attached hydrogen (secondary N) is 4. The molecule has 7 aromatic rings. The summed E-state index contributed by atoms with van der Waals surface area (Å²) in [5.41, 5.74) is 20.9. The molecule has 0 saturated carbocycles. The molecule has 580 valence electrons. The third-order valence-electron chi connectivity index (χ3n) is 7.74. The molecule has 0 aliphatic carbocycles. The first-order valence-electron chi connectivity index (χ1n) is 24.7. The van der Waals surface area contributed by atoms with Crippen LogP contribution in [0.2, 0.25) is 10.0 Å². The Kier molecular flexibility index (Phi) is 77.2. The second-order valence-electron chi connectivity index (χ2n) is 15.0. The van der Waals surface area contributed by atoms with Crippen molar-refractivity contribution in [3.63, 3.8) is 0 Å². The van der Waals surface area contributed by atoms with Crippen molar-refractivity contribution in [2.75, 3.05) is 86.9 Å². The van der Waals surface area contributed by atoms with Gasteiger partial charge < -0.3 is 68.1 Å². The summed E-state index contributed by atoms with van der Waals surface area (Å²) in [6.07, 6.45) is -1.82. The normalized spacial score (nSPS) is 8.64. The Morgan fingerprint density at radius 1 is 0.476 bits per heavy atom. The van der Waals surface area contributed by atoms with E-state index in [1.807, 2.05) is 18.2 Å². The van der Waals surface area contributed by atoms with Crippen LogP contribution in [0.1, 0.15) is 21.3 Å². The molecule has 0 spiro atoms. The number of ether oxygens (including phenoxy) is 4. The summed E-state index contributed by atoms with van der Waals surface area (Å²) < 4.78 is 51.8. The van der Waals surface area contributed by atoms with Gasteiger partial charge in [0.05, 0.1) is 54.0 Å². The zero-order chi connectivity index (χ0) is 80.6. The van der Waals surface area contributed by atoms with Gasteiger partial charge in [0.1, 0.15) is 63.7 Å². The fourth-order valence-corrected chi connectivity index (χ4v) is 7.04. The van der Waals surface area contributed by atoms with Crippen LogP contribution in [0, 0.1) is 30.3 Å². The molecular formula is C50H62Br7Cl4KN18O24S. The molecule has 7 aromatic heterocycles. The average molecular weight is 2070 g/mol. The van der Waals surface area contributed by atoms with E-state index in [1.54, 1.807) is 54.6 Å². The zero-order valence-electron chi connectivity index (χ0n) is 54.1. The van der Waals surface area contributed by atoms with Gasteiger partial charge in [0, 0.05) is 51.8 Å². The van der Waals surface area contributed by atoms with Crippen LogP contribution in [0.25, 0.3) is 0 Å². The molecule has 0 fully saturated rings. The minimum absolute atomic E-state index is 0. The molecule has 0 aliphatic heterocycles. The molecule has 0 aromatic carbocycles. The molecule has 18 N–H and O–H groups in total. The maximum atomic E-state index is 10.8. The summed E-state index contributed by atoms with van der Waals surface area (Å²) >= 11 is 42.1. The predicted octanol–water partition coefficient (Wildman–Crippen LogP) is 10.3. The van der Waals surface area contributed by atoms with Crippen LogP contribution in [0.5, 0.6) is 0 Å². The van der Waals surface area contributed by atoms with Crippen LogP contribution in [0.3, 0.4) is 0 Å². The zero-order valence-corrected chi connectivity index (χ0v) is 72.2. The van der Waals surface area contributed by atoms with Crippen LogP contribution >= 0.6 is 158 Å². The molecule has 4 amide bonds. The van der Waals surface area contributed by atoms with Gasteiger partial charge in [-0.05, 0) is 196 Å². The first-order valence-corrected chi connectivity index (χ1v) is 33.1. The molecule has 42 nitrogen and oxygen atoms in total. The van der Waals surface area contributed by atoms with E-state index in [0.717, 1.165) is 18.8 Å². The topological polar surface area (TPSA) is 676 Å². The fourth-order valence-electron chi connectivity index (χ4n) is 4.19. The molecule has 0 unspecified atom stereocenters. The maximum Gasteiger partial charge on any atom is 1.00 e. The smallest absolute Gasteiger partial charge is 0.870 e. The quantitative estimate of drug-likeness (QED) is 0.0140. The molecule has 55 heteroatoms. The van der Waals surface area contributed by atoms with Gasteiger partial charge in [-0.25, -0.2) is 54.1 Å². The van der Waals surface area contributed by atoms with E-state index in [4.69, 9.17) is 89.2 Å². The molecule has 7 rings (SSSR count). The Bertz CT molecular complexity index is 3790. The van der Waals surface area contributed by atoms with Crippen LogP contribution < -0.4 is 95.6 Å². The number of hydrogen-bond donors (Lipinski definition) is 13. The molecule has 0 bridgehead atoms. The molecule has 0 saturated heterocycles. The van der Waals surface area contributed by atoms with Crippen LogP contribution in [-0.2, 0) is 38.9 Å². The summed E-state index contributed by atoms with van der Waals surface area (Å²) in [5, 5.41) is 58.6. The number of nitrogens with two attached hydrogens (primary N) is 4. The summed E-state index contributed by atoms with van der Waals surface area (Å²) in [4.78, 5) is 116. The minimum Gasteiger partial charge on any atom is -0.870 e. The number of hydrogen-bond acceptors (Lipinski definition) is 32. The van der Waals surface area contributed by atoms with E-state index in [2.05, 4.69) is 210 Å². The van der Waals surface area contributed by atoms with Gasteiger partial charge in [-0.15, -0.1) is 10.1 Å². The van der Waals surface area contributed by atoms with Crippen molar-refractivity contribution < 1.29 is 152 Å². The van der Waals surface area contributed by atoms with Gasteiger partial charge >= 0.3 is 96.9 Å². The van der Waals surface area contributed by atoms with Gasteiger partial charge in [-0.2, -0.15) is 8.42 Å². The van der Waals surface area contributed by atoms with E-state index in [1.165, 1.54) is 66.6 Å². The van der Waals surface area contributed by atoms with E-state index >= 15 is 0 Å². The number of anilines is 8. The number of halogens is 11. The number of nitrogen functional groups attached to an aromatic ring is 4. The number of aliphatic hydroxyl groups excluding tert-OH is 2. The van der Waals surface area contributed by atoms with E-state index in [0.29, 0.717) is 63.2 Å². The Morgan fingerprint density at radius 3 is 1.03 bits per heavy atom. The average Bonchev–Trinajstić information content (AvgIpc) is 0.866. The number of amides is 4. The van der Waals surface area contributed by atoms with Crippen LogP contribution in [-0.4, -0.2) is 166 Å². The Hall–Kier alpha value is -6.42. The number of pyridine rings is 7. The van der Waals surface area contributed by atoms with Crippen molar-refractivity contribution in [1.82, 2.24) is 34.9 Å². The largest absolute Gasteiger partial charge is 1.00 e. The molecule has 0 radical (unpaired) electrons. The second kappa shape index (κ2) is 69.3. The summed E-state index contributed by atoms with van der Waals surface area (Å²) in [6, 6.07) is 25.7. The third-order valence-corrected chi connectivity index (χ3v) is 12.9. The summed E-state index contributed by atoms with van der Waals surface area (Å²) in [7, 11) is 2.31. The van der Waals surface area contributed by atoms with Gasteiger partial charge in [0.15, 0.2) is 9.21 Å². The molecular weight excluding hydrogens is 2010 g/mol. The fraction of sp³-hybridized carbons (Fsp3) is 0.180. The number of methoxy groups -OCH3 is 4. The number of rotatable bonds is 6. The Balaban J connectivity index is -0.000000140. The number of nitro groups is 2. The number of aromatic nitrogens is 7. The standard InChI is InChI=1S/C7H6BrClN2O2.C7H6BrN3O4.C7H8BrN3O2.C7H7BrN2O.C5H4BrClN2.C5H4BrN3O2.C5H5BrN2.C2H3ClO2.C2H3ClO.2CH4O.CH4.K.HNO3.H2O4S.H2O/c1-13-7(12)11-5-3-2-4(9)6(8)10-5;1-15-7(12)10-5-3-2-4(11(13)14)6(8)9-5;1-13-7(12)11-5-3-2-4(9)6(8)10-5;1-5(11)9-7-4-2-3-6(8)10-7;6-5-3(7)1-2-4(8)9-5;6-5-3(9(10)11)1-2-4(7)8-5;6-4-2-1-3-5(7)8-4;1-5-2(3)4;1-2(3)4;2*1-2;;;2-1(3)4;1-5(2,3)4;/h2-3H,1H3,(H,10,11,12);2-3H,1H3,(H,9,10,12);2-3H,9H2,1H3,(H,10,11,12);2-4H,1H3,(H,9,10,11);1-2H,(H2,8,9);1-2H,(H2,7,8);1-3H,(H2,7,8);1H3;1H3;2*2H,1H3;1H4;;(H,2,3,4);(H2,1,2,3,4);1H2/q;;;;;;;;;;;;+1;;;/p-1. The number of nitrogens with zero attached hydrogens (tertiary/aromatic N) is 10. The predicted molar refractivity (Wildman–Crippen MR) is 410 cm³/mol. The van der Waals surface area contributed by atoms with Crippen molar-refractivity contribution in [2.24, 2.45) is 0 Å². The monoisotopic (exact) mass is 2060 g/mol. The molecule has 0 aliphatic rings. The van der Waals surface area contributed by atoms with Gasteiger partial charge in [-0.3, -0.25) is 54.9 Å². The first kappa shape index (κ1) is 117. The van der Waals surface area contributed by atoms with Crippen molar-refractivity contribution in [3.8, 4) is 0 Å². The van der Waals surface area contributed by atoms with Crippen molar-refractivity contribution >= 4 is 261 Å². The minimum atomic E-state index is -4.67. The van der Waals surface area contributed by atoms with E-state index in [9.17, 15) is 49.0 Å². The molecule has 7 heterocycles. The van der Waals surface area contributed by atoms with Gasteiger partial charge in [0.2, 0.25) is 11.1 Å². The molecule has 0 atom stereocenters. The van der Waals surface area contributed by atoms with Gasteiger partial charge in [0.25, 0.3) is 5.09 Å². The van der Waals surface area contributed by atoms with Crippen molar-refractivity contribution in [1.29, 1.82) is 0 Å². The Labute approximate surface area is 717 Å². The van der Waals surface area contributed by atoms with Crippen LogP contribution in [0.4, 0.5) is 77.0 Å². The molecule has 105 heavy (non-hydrogen) atoms. The van der Waals surface area contributed by atoms with Crippen molar-refractivity contribution in [3.05, 3.63) is 170 Å². The third kappa shape index (κ3) is 72.9. The number of carbonyl (C=O) groups is 6. The maximum absolute atomic E-state index is 10.8. The van der Waals surface area contributed by atoms with Crippen LogP contribution in [0.15, 0.2) is 129 Å². The second-order valence-corrected chi connectivity index (χ2v) is 22.9. The Morgan fingerprint density at radius 2 is 0.752 bits per heavy atom. The van der Waals surface area contributed by atoms with E-state index < -0.39 is 49.0 Å². The number of carbonyl (C=O) groups excluding carboxylic acids is 6. The SMILES string of the molecule is C.CC(=O)Cl.CC(=O)Nc1cccc(Br)n1.CO.CO.COC(=O)Cl.COC(=O)Nc1ccc(Cl)c(Br)n1.COC(=O)Nc1ccc(N)c(Br)n1.COC(=O)Nc1ccc([N+](=O)[O-])c(Br)n1.Nc1ccc(Cl)c(Br)n1.Nc1ccc([N+](=O)[O-])c(Br)n1.Nc1cccc(Br)n1.O=S(=O)(O)O.O=[N+]([O-])O.[K+].[OH-]. The summed E-state index contributed by atoms with van der Waals surface area (Å²) in [5.74, 6) is 2.63. The first-order chi connectivity index (χ1) is 47.3. The van der Waals surface area contributed by atoms with Crippen molar-refractivity contribution in [2.45, 2.75) is 21.3 Å². The van der Waals surface area contributed by atoms with E-state index in [-0.39, 0.29) is 108 Å². The summed E-state index contributed by atoms with van der Waals surface area (Å²) in [6.45, 7) is 2.74. The number of aliphatic hydroxyl groups is 2. The van der Waals surface area contributed by atoms with Gasteiger partial charge in [-0.1, -0.05) is 42.8 Å².